The molecule has 1 saturated heterocycles. The van der Waals surface area contributed by atoms with Crippen LogP contribution in [0.2, 0.25) is 0 Å². The number of carbonyl (C=O) groups is 4. The van der Waals surface area contributed by atoms with Crippen LogP contribution in [0.1, 0.15) is 84.1 Å². The lowest BCUT2D eigenvalue weighted by Crippen LogP contribution is -2.57. The minimum atomic E-state index is -0.833. The Morgan fingerprint density at radius 2 is 1.76 bits per heavy atom. The van der Waals surface area contributed by atoms with E-state index in [0.29, 0.717) is 31.7 Å². The summed E-state index contributed by atoms with van der Waals surface area (Å²) in [5.74, 6) is -0.822. The lowest BCUT2D eigenvalue weighted by Gasteiger charge is -2.32. The first-order valence-corrected chi connectivity index (χ1v) is 15.2. The Kier molecular flexibility index (Phi) is 12.9. The van der Waals surface area contributed by atoms with Gasteiger partial charge in [-0.25, -0.2) is 4.79 Å². The van der Waals surface area contributed by atoms with Gasteiger partial charge in [-0.3, -0.25) is 14.4 Å². The minimum absolute atomic E-state index is 0.174. The minimum Gasteiger partial charge on any atom is -0.460 e. The van der Waals surface area contributed by atoms with Gasteiger partial charge in [-0.05, 0) is 43.1 Å². The van der Waals surface area contributed by atoms with Gasteiger partial charge in [0, 0.05) is 6.54 Å². The summed E-state index contributed by atoms with van der Waals surface area (Å²) >= 11 is 0. The Labute approximate surface area is 243 Å². The molecule has 5 atom stereocenters. The number of alkyl carbamates (subject to hydrolysis) is 1. The van der Waals surface area contributed by atoms with Crippen LogP contribution in [0.5, 0.6) is 0 Å². The highest BCUT2D eigenvalue weighted by molar-refractivity contribution is 5.90. The maximum absolute atomic E-state index is 13.4. The van der Waals surface area contributed by atoms with Gasteiger partial charge in [0.25, 0.3) is 0 Å². The molecule has 228 valence electrons. The normalized spacial score (nSPS) is 21.4. The first kappa shape index (κ1) is 32.4. The molecule has 3 rings (SSSR count). The Morgan fingerprint density at radius 3 is 2.39 bits per heavy atom. The molecule has 0 radical (unpaired) electrons. The van der Waals surface area contributed by atoms with Crippen LogP contribution in [0.15, 0.2) is 30.3 Å². The molecule has 1 aliphatic heterocycles. The maximum atomic E-state index is 13.4. The van der Waals surface area contributed by atoms with Crippen LogP contribution in [0.4, 0.5) is 4.79 Å². The second-order valence-corrected chi connectivity index (χ2v) is 11.9. The maximum Gasteiger partial charge on any atom is 0.407 e. The summed E-state index contributed by atoms with van der Waals surface area (Å²) in [5, 5.41) is 8.62. The Morgan fingerprint density at radius 1 is 1.05 bits per heavy atom. The number of amides is 3. The predicted octanol–water partition coefficient (Wildman–Crippen LogP) is 3.57. The second kappa shape index (κ2) is 16.3. The first-order valence-electron chi connectivity index (χ1n) is 15.2. The third kappa shape index (κ3) is 10.6. The van der Waals surface area contributed by atoms with Gasteiger partial charge in [-0.2, -0.15) is 0 Å². The second-order valence-electron chi connectivity index (χ2n) is 11.9. The number of benzene rings is 1. The lowest BCUT2D eigenvalue weighted by atomic mass is 9.83. The van der Waals surface area contributed by atoms with Gasteiger partial charge in [0.05, 0.1) is 18.0 Å². The molecule has 1 aliphatic carbocycles. The van der Waals surface area contributed by atoms with Crippen molar-refractivity contribution in [3.8, 4) is 0 Å². The molecule has 0 aromatic heterocycles. The Balaban J connectivity index is 1.46. The molecule has 0 bridgehead atoms. The van der Waals surface area contributed by atoms with E-state index in [9.17, 15) is 19.2 Å². The molecule has 2 fully saturated rings. The third-order valence-corrected chi connectivity index (χ3v) is 8.10. The molecule has 10 heteroatoms. The summed E-state index contributed by atoms with van der Waals surface area (Å²) in [6.07, 6.45) is 7.07. The van der Waals surface area contributed by atoms with Gasteiger partial charge >= 0.3 is 12.1 Å². The topological polar surface area (TPSA) is 149 Å². The molecule has 2 aliphatic rings. The quantitative estimate of drug-likeness (QED) is 0.197. The van der Waals surface area contributed by atoms with Crippen LogP contribution in [0.25, 0.3) is 0 Å². The van der Waals surface area contributed by atoms with Gasteiger partial charge < -0.3 is 31.2 Å². The molecular formula is C31H48N4O6. The van der Waals surface area contributed by atoms with Crippen molar-refractivity contribution >= 4 is 23.9 Å². The van der Waals surface area contributed by atoms with Crippen molar-refractivity contribution in [2.24, 2.45) is 23.5 Å². The van der Waals surface area contributed by atoms with E-state index >= 15 is 0 Å². The number of nitrogens with one attached hydrogen (secondary N) is 3. The molecule has 1 aromatic carbocycles. The van der Waals surface area contributed by atoms with E-state index in [4.69, 9.17) is 15.2 Å². The van der Waals surface area contributed by atoms with Gasteiger partial charge in [0.1, 0.15) is 18.8 Å². The fraction of sp³-hybridized carbons (Fsp3) is 0.677. The summed E-state index contributed by atoms with van der Waals surface area (Å²) in [7, 11) is 0. The highest BCUT2D eigenvalue weighted by atomic mass is 16.6. The summed E-state index contributed by atoms with van der Waals surface area (Å²) in [6.45, 7) is 6.08. The molecule has 1 heterocycles. The van der Waals surface area contributed by atoms with E-state index in [-0.39, 0.29) is 42.5 Å². The van der Waals surface area contributed by atoms with Gasteiger partial charge in [-0.1, -0.05) is 83.2 Å². The zero-order valence-corrected chi connectivity index (χ0v) is 24.7. The van der Waals surface area contributed by atoms with Crippen LogP contribution in [-0.4, -0.2) is 54.7 Å². The lowest BCUT2D eigenvalue weighted by molar-refractivity contribution is -0.146. The Hall–Kier alpha value is -3.14. The SMILES string of the molecule is CC(C)[C@H](NC(=O)[C@@H](N)CCCNC(=O)OCc1ccccc1)C(=O)N[C@@H](CC1CCCCC1)[C@@H]1C[C@@H](C)C(=O)O1. The fourth-order valence-corrected chi connectivity index (χ4v) is 5.58. The van der Waals surface area contributed by atoms with Crippen LogP contribution in [-0.2, 0) is 30.5 Å². The van der Waals surface area contributed by atoms with Crippen molar-refractivity contribution in [2.45, 2.75) is 109 Å². The first-order chi connectivity index (χ1) is 19.6. The van der Waals surface area contributed by atoms with Gasteiger partial charge in [0.15, 0.2) is 0 Å². The van der Waals surface area contributed by atoms with E-state index < -0.39 is 24.1 Å². The van der Waals surface area contributed by atoms with Gasteiger partial charge in [0.2, 0.25) is 11.8 Å². The highest BCUT2D eigenvalue weighted by Gasteiger charge is 2.39. The van der Waals surface area contributed by atoms with Crippen LogP contribution in [0, 0.1) is 17.8 Å². The average molecular weight is 573 g/mol. The zero-order chi connectivity index (χ0) is 29.8. The van der Waals surface area contributed by atoms with E-state index in [0.717, 1.165) is 24.8 Å². The third-order valence-electron chi connectivity index (χ3n) is 8.10. The number of hydrogen-bond acceptors (Lipinski definition) is 7. The Bertz CT molecular complexity index is 998. The standard InChI is InChI=1S/C31H48N4O6/c1-20(2)27(29(37)34-25(18-22-11-6-4-7-12-22)26-17-21(3)30(38)41-26)35-28(36)24(32)15-10-16-33-31(39)40-19-23-13-8-5-9-14-23/h5,8-9,13-14,20-22,24-27H,4,6-7,10-12,15-19,32H2,1-3H3,(H,33,39)(H,34,37)(H,35,36)/t21-,24+,25+,26+,27+/m1/s1. The zero-order valence-electron chi connectivity index (χ0n) is 24.7. The highest BCUT2D eigenvalue weighted by Crippen LogP contribution is 2.31. The van der Waals surface area contributed by atoms with Gasteiger partial charge in [-0.15, -0.1) is 0 Å². The number of ether oxygens (including phenoxy) is 2. The molecular weight excluding hydrogens is 524 g/mol. The van der Waals surface area contributed by atoms with Crippen molar-refractivity contribution in [2.75, 3.05) is 6.54 Å². The van der Waals surface area contributed by atoms with Crippen molar-refractivity contribution in [1.29, 1.82) is 0 Å². The van der Waals surface area contributed by atoms with E-state index in [2.05, 4.69) is 16.0 Å². The monoisotopic (exact) mass is 572 g/mol. The van der Waals surface area contributed by atoms with Crippen molar-refractivity contribution in [3.63, 3.8) is 0 Å². The number of cyclic esters (lactones) is 1. The van der Waals surface area contributed by atoms with Crippen molar-refractivity contribution in [3.05, 3.63) is 35.9 Å². The number of esters is 1. The molecule has 41 heavy (non-hydrogen) atoms. The molecule has 3 amide bonds. The number of rotatable bonds is 14. The van der Waals surface area contributed by atoms with E-state index in [1.165, 1.54) is 19.3 Å². The predicted molar refractivity (Wildman–Crippen MR) is 155 cm³/mol. The van der Waals surface area contributed by atoms with Crippen LogP contribution < -0.4 is 21.7 Å². The molecule has 10 nitrogen and oxygen atoms in total. The smallest absolute Gasteiger partial charge is 0.407 e. The van der Waals surface area contributed by atoms with E-state index in [1.807, 2.05) is 51.1 Å². The van der Waals surface area contributed by atoms with Crippen LogP contribution >= 0.6 is 0 Å². The summed E-state index contributed by atoms with van der Waals surface area (Å²) in [4.78, 5) is 50.4. The van der Waals surface area contributed by atoms with E-state index in [1.54, 1.807) is 0 Å². The molecule has 1 aromatic rings. The fourth-order valence-electron chi connectivity index (χ4n) is 5.58. The molecule has 5 N–H and O–H groups in total. The van der Waals surface area contributed by atoms with Crippen molar-refractivity contribution < 1.29 is 28.7 Å². The molecule has 0 unspecified atom stereocenters. The molecule has 1 saturated carbocycles. The summed E-state index contributed by atoms with van der Waals surface area (Å²) in [5.41, 5.74) is 7.02. The number of hydrogen-bond donors (Lipinski definition) is 4. The largest absolute Gasteiger partial charge is 0.460 e. The molecule has 0 spiro atoms. The summed E-state index contributed by atoms with van der Waals surface area (Å²) in [6, 6.07) is 7.48. The number of carbonyl (C=O) groups excluding carboxylic acids is 4. The average Bonchev–Trinajstić information content (AvgIpc) is 3.30. The van der Waals surface area contributed by atoms with Crippen LogP contribution in [0.3, 0.4) is 0 Å². The number of nitrogens with two attached hydrogens (primary N) is 1. The summed E-state index contributed by atoms with van der Waals surface area (Å²) < 4.78 is 10.8. The van der Waals surface area contributed by atoms with Crippen molar-refractivity contribution in [1.82, 2.24) is 16.0 Å².